The van der Waals surface area contributed by atoms with Crippen molar-refractivity contribution >= 4 is 17.4 Å². The molecule has 6 nitrogen and oxygen atoms in total. The molecule has 0 radical (unpaired) electrons. The van der Waals surface area contributed by atoms with Crippen molar-refractivity contribution in [1.82, 2.24) is 9.97 Å². The lowest BCUT2D eigenvalue weighted by atomic mass is 9.98. The summed E-state index contributed by atoms with van der Waals surface area (Å²) in [5.74, 6) is 0.598. The van der Waals surface area contributed by atoms with Crippen molar-refractivity contribution in [3.8, 4) is 22.5 Å². The number of unbranched alkanes of at least 4 members (excludes halogenated alkanes) is 1. The van der Waals surface area contributed by atoms with E-state index in [2.05, 4.69) is 67.3 Å². The van der Waals surface area contributed by atoms with Crippen LogP contribution in [0.4, 0.5) is 5.82 Å². The van der Waals surface area contributed by atoms with E-state index in [1.54, 1.807) is 0 Å². The Hall–Kier alpha value is -3.38. The number of aliphatic hydroxyl groups excluding tert-OH is 1. The van der Waals surface area contributed by atoms with Crippen LogP contribution in [0.3, 0.4) is 0 Å². The summed E-state index contributed by atoms with van der Waals surface area (Å²) in [6.07, 6.45) is 2.99. The summed E-state index contributed by atoms with van der Waals surface area (Å²) in [6.45, 7) is 5.33. The van der Waals surface area contributed by atoms with Crippen molar-refractivity contribution in [3.05, 3.63) is 65.4 Å². The number of nitrogens with zero attached hydrogens (tertiary/aromatic N) is 3. The van der Waals surface area contributed by atoms with Gasteiger partial charge in [0.2, 0.25) is 0 Å². The summed E-state index contributed by atoms with van der Waals surface area (Å²) in [6, 6.07) is 16.7. The number of Topliss-reactive ketones (excluding diaryl/α,β-unsaturated/α-hetero) is 2. The molecule has 1 fully saturated rings. The van der Waals surface area contributed by atoms with Gasteiger partial charge in [-0.05, 0) is 26.7 Å². The van der Waals surface area contributed by atoms with Crippen LogP contribution < -0.4 is 4.90 Å². The minimum absolute atomic E-state index is 0.0935. The topological polar surface area (TPSA) is 83.4 Å². The molecule has 1 atom stereocenters. The first-order valence-corrected chi connectivity index (χ1v) is 12.9. The summed E-state index contributed by atoms with van der Waals surface area (Å²) in [5, 5.41) is 10.6. The summed E-state index contributed by atoms with van der Waals surface area (Å²) in [4.78, 5) is 36.3. The number of aliphatic hydroxyl groups is 1. The lowest BCUT2D eigenvalue weighted by Gasteiger charge is -2.33. The van der Waals surface area contributed by atoms with E-state index in [-0.39, 0.29) is 11.6 Å². The van der Waals surface area contributed by atoms with E-state index >= 15 is 0 Å². The first kappa shape index (κ1) is 24.3. The SMILES string of the molecule is Cc1ccc(-c2nc3c(nc2-c2ccc(C)cc2)N(CCCCC2C(=O)CCC2=O)CC(O)C3)cc1. The molecule has 1 N–H and O–H groups in total. The van der Waals surface area contributed by atoms with E-state index in [9.17, 15) is 14.7 Å². The zero-order valence-electron chi connectivity index (χ0n) is 21.0. The van der Waals surface area contributed by atoms with Gasteiger partial charge >= 0.3 is 0 Å². The van der Waals surface area contributed by atoms with Crippen molar-refractivity contribution in [2.75, 3.05) is 18.0 Å². The van der Waals surface area contributed by atoms with Crippen LogP contribution in [0.25, 0.3) is 22.5 Å². The highest BCUT2D eigenvalue weighted by Crippen LogP contribution is 2.35. The number of aromatic nitrogens is 2. The Balaban J connectivity index is 1.44. The van der Waals surface area contributed by atoms with Crippen LogP contribution in [0.2, 0.25) is 0 Å². The lowest BCUT2D eigenvalue weighted by Crippen LogP contribution is -2.40. The van der Waals surface area contributed by atoms with Crippen LogP contribution in [-0.2, 0) is 16.0 Å². The molecule has 6 heteroatoms. The van der Waals surface area contributed by atoms with Gasteiger partial charge in [0.25, 0.3) is 0 Å². The van der Waals surface area contributed by atoms with Crippen molar-refractivity contribution in [2.45, 2.75) is 58.5 Å². The second-order valence-corrected chi connectivity index (χ2v) is 10.2. The molecule has 0 spiro atoms. The number of carbonyl (C=O) groups excluding carboxylic acids is 2. The molecule has 186 valence electrons. The van der Waals surface area contributed by atoms with E-state index in [1.807, 2.05) is 0 Å². The second kappa shape index (κ2) is 10.3. The Kier molecular flexibility index (Phi) is 6.97. The number of anilines is 1. The third kappa shape index (κ3) is 5.09. The molecule has 0 bridgehead atoms. The van der Waals surface area contributed by atoms with Crippen LogP contribution in [0, 0.1) is 19.8 Å². The number of ketones is 2. The number of benzene rings is 2. The monoisotopic (exact) mass is 483 g/mol. The first-order chi connectivity index (χ1) is 17.4. The molecule has 1 aliphatic heterocycles. The molecule has 0 amide bonds. The smallest absolute Gasteiger partial charge is 0.151 e. The number of fused-ring (bicyclic) bond motifs is 1. The Morgan fingerprint density at radius 3 is 1.97 bits per heavy atom. The average Bonchev–Trinajstić information content (AvgIpc) is 3.19. The zero-order valence-corrected chi connectivity index (χ0v) is 21.0. The van der Waals surface area contributed by atoms with Gasteiger partial charge in [0.15, 0.2) is 5.82 Å². The zero-order chi connectivity index (χ0) is 25.2. The maximum atomic E-state index is 12.0. The van der Waals surface area contributed by atoms with Crippen LogP contribution in [0.15, 0.2) is 48.5 Å². The molecule has 36 heavy (non-hydrogen) atoms. The number of carbonyl (C=O) groups is 2. The maximum Gasteiger partial charge on any atom is 0.151 e. The van der Waals surface area contributed by atoms with Crippen LogP contribution in [0.1, 0.15) is 48.9 Å². The minimum Gasteiger partial charge on any atom is -0.391 e. The fourth-order valence-electron chi connectivity index (χ4n) is 5.25. The number of rotatable bonds is 7. The molecule has 0 saturated heterocycles. The second-order valence-electron chi connectivity index (χ2n) is 10.2. The Bertz CT molecular complexity index is 1250. The number of β-amino-alcohol motifs (C(OH)–C–C–N with tert-alkyl or cyclic N) is 1. The lowest BCUT2D eigenvalue weighted by molar-refractivity contribution is -0.127. The van der Waals surface area contributed by atoms with E-state index < -0.39 is 12.0 Å². The normalized spacial score (nSPS) is 18.1. The molecule has 1 aliphatic carbocycles. The van der Waals surface area contributed by atoms with E-state index in [0.29, 0.717) is 38.8 Å². The molecular weight excluding hydrogens is 450 g/mol. The first-order valence-electron chi connectivity index (χ1n) is 12.9. The minimum atomic E-state index is -0.513. The molecular formula is C30H33N3O3. The van der Waals surface area contributed by atoms with Gasteiger partial charge in [-0.15, -0.1) is 0 Å². The molecule has 3 aromatic rings. The van der Waals surface area contributed by atoms with Gasteiger partial charge in [0.05, 0.1) is 29.1 Å². The summed E-state index contributed by atoms with van der Waals surface area (Å²) in [5.41, 5.74) is 6.85. The predicted molar refractivity (Wildman–Crippen MR) is 141 cm³/mol. The molecule has 1 saturated carbocycles. The Morgan fingerprint density at radius 2 is 1.39 bits per heavy atom. The third-order valence-electron chi connectivity index (χ3n) is 7.32. The Labute approximate surface area is 212 Å². The highest BCUT2D eigenvalue weighted by atomic mass is 16.3. The molecule has 1 unspecified atom stereocenters. The van der Waals surface area contributed by atoms with Gasteiger partial charge in [-0.25, -0.2) is 9.97 Å². The van der Waals surface area contributed by atoms with Crippen molar-refractivity contribution in [1.29, 1.82) is 0 Å². The highest BCUT2D eigenvalue weighted by Gasteiger charge is 2.32. The fourth-order valence-corrected chi connectivity index (χ4v) is 5.25. The van der Waals surface area contributed by atoms with Crippen molar-refractivity contribution < 1.29 is 14.7 Å². The molecule has 2 aromatic carbocycles. The summed E-state index contributed by atoms with van der Waals surface area (Å²) >= 11 is 0. The van der Waals surface area contributed by atoms with Gasteiger partial charge in [0, 0.05) is 43.5 Å². The van der Waals surface area contributed by atoms with Crippen molar-refractivity contribution in [3.63, 3.8) is 0 Å². The van der Waals surface area contributed by atoms with Gasteiger partial charge in [-0.2, -0.15) is 0 Å². The van der Waals surface area contributed by atoms with Crippen molar-refractivity contribution in [2.24, 2.45) is 5.92 Å². The largest absolute Gasteiger partial charge is 0.391 e. The van der Waals surface area contributed by atoms with Gasteiger partial charge in [0.1, 0.15) is 11.6 Å². The number of hydrogen-bond donors (Lipinski definition) is 1. The maximum absolute atomic E-state index is 12.0. The van der Waals surface area contributed by atoms with Gasteiger partial charge in [-0.3, -0.25) is 9.59 Å². The summed E-state index contributed by atoms with van der Waals surface area (Å²) < 4.78 is 0. The molecule has 1 aromatic heterocycles. The number of hydrogen-bond acceptors (Lipinski definition) is 6. The Morgan fingerprint density at radius 1 is 0.833 bits per heavy atom. The van der Waals surface area contributed by atoms with Crippen LogP contribution in [0.5, 0.6) is 0 Å². The summed E-state index contributed by atoms with van der Waals surface area (Å²) in [7, 11) is 0. The van der Waals surface area contributed by atoms with E-state index in [0.717, 1.165) is 46.9 Å². The van der Waals surface area contributed by atoms with Crippen LogP contribution in [-0.4, -0.2) is 45.8 Å². The van der Waals surface area contributed by atoms with Gasteiger partial charge < -0.3 is 10.0 Å². The highest BCUT2D eigenvalue weighted by molar-refractivity contribution is 6.08. The molecule has 2 heterocycles. The average molecular weight is 484 g/mol. The molecule has 5 rings (SSSR count). The number of aryl methyl sites for hydroxylation is 2. The van der Waals surface area contributed by atoms with E-state index in [4.69, 9.17) is 9.97 Å². The third-order valence-corrected chi connectivity index (χ3v) is 7.32. The quantitative estimate of drug-likeness (QED) is 0.381. The van der Waals surface area contributed by atoms with Crippen LogP contribution >= 0.6 is 0 Å². The standard InChI is InChI=1S/C30H33N3O3/c1-19-6-10-21(11-7-19)28-29(22-12-8-20(2)9-13-22)32-30-25(31-28)17-23(34)18-33(30)16-4-3-5-24-26(35)14-15-27(24)36/h6-13,23-24,34H,3-5,14-18H2,1-2H3. The molecule has 2 aliphatic rings. The predicted octanol–water partition coefficient (Wildman–Crippen LogP) is 4.87. The van der Waals surface area contributed by atoms with E-state index in [1.165, 1.54) is 11.1 Å². The van der Waals surface area contributed by atoms with Gasteiger partial charge in [-0.1, -0.05) is 66.1 Å². The fraction of sp³-hybridized carbons (Fsp3) is 0.400.